The van der Waals surface area contributed by atoms with Gasteiger partial charge in [0.05, 0.1) is 6.61 Å². The molecular weight excluding hydrogens is 215 g/mol. The highest BCUT2D eigenvalue weighted by atomic mass is 31.2. The van der Waals surface area contributed by atoms with Crippen molar-refractivity contribution in [3.8, 4) is 0 Å². The topological polar surface area (TPSA) is 52.6 Å². The summed E-state index contributed by atoms with van der Waals surface area (Å²) in [5.41, 5.74) is 0.261. The van der Waals surface area contributed by atoms with Gasteiger partial charge >= 0.3 is 7.60 Å². The highest BCUT2D eigenvalue weighted by Crippen LogP contribution is 2.48. The van der Waals surface area contributed by atoms with Crippen molar-refractivity contribution in [3.63, 3.8) is 0 Å². The third kappa shape index (κ3) is 3.27. The van der Waals surface area contributed by atoms with Crippen molar-refractivity contribution < 1.29 is 18.4 Å². The van der Waals surface area contributed by atoms with E-state index in [1.54, 1.807) is 0 Å². The fourth-order valence-corrected chi connectivity index (χ4v) is 1.87. The lowest BCUT2D eigenvalue weighted by Gasteiger charge is -2.12. The highest BCUT2D eigenvalue weighted by molar-refractivity contribution is 7.71. The molecule has 0 spiro atoms. The smallest absolute Gasteiger partial charge is 0.307 e. The molecule has 0 aliphatic carbocycles. The minimum Gasteiger partial charge on any atom is -0.307 e. The standard InChI is InChI=1S/C10H13O4P/c1-9(11)15(12,13-2)14-8-10-6-4-3-5-7-10/h3-7H,8H2,1-2H3. The Morgan fingerprint density at radius 2 is 1.93 bits per heavy atom. The zero-order valence-electron chi connectivity index (χ0n) is 8.67. The van der Waals surface area contributed by atoms with Gasteiger partial charge in [0.25, 0.3) is 0 Å². The molecule has 0 saturated carbocycles. The van der Waals surface area contributed by atoms with Gasteiger partial charge in [0.2, 0.25) is 5.52 Å². The molecule has 0 aromatic heterocycles. The lowest BCUT2D eigenvalue weighted by atomic mass is 10.2. The van der Waals surface area contributed by atoms with Crippen LogP contribution >= 0.6 is 7.60 Å². The Hall–Kier alpha value is -0.960. The molecule has 1 unspecified atom stereocenters. The number of hydrogen-bond acceptors (Lipinski definition) is 4. The van der Waals surface area contributed by atoms with E-state index in [9.17, 15) is 9.36 Å². The molecule has 0 saturated heterocycles. The molecule has 4 nitrogen and oxygen atoms in total. The Morgan fingerprint density at radius 3 is 2.40 bits per heavy atom. The van der Waals surface area contributed by atoms with E-state index in [-0.39, 0.29) is 6.61 Å². The van der Waals surface area contributed by atoms with Gasteiger partial charge in [-0.25, -0.2) is 0 Å². The summed E-state index contributed by atoms with van der Waals surface area (Å²) in [4.78, 5) is 11.0. The molecule has 5 heteroatoms. The molecule has 1 aromatic carbocycles. The maximum absolute atomic E-state index is 11.7. The van der Waals surface area contributed by atoms with Crippen molar-refractivity contribution in [3.05, 3.63) is 35.9 Å². The minimum absolute atomic E-state index is 0.103. The van der Waals surface area contributed by atoms with Crippen LogP contribution in [0.15, 0.2) is 30.3 Å². The maximum Gasteiger partial charge on any atom is 0.396 e. The lowest BCUT2D eigenvalue weighted by molar-refractivity contribution is -0.112. The first-order valence-electron chi connectivity index (χ1n) is 4.44. The third-order valence-corrected chi connectivity index (χ3v) is 3.59. The van der Waals surface area contributed by atoms with E-state index in [1.807, 2.05) is 30.3 Å². The molecule has 1 atom stereocenters. The van der Waals surface area contributed by atoms with Crippen molar-refractivity contribution >= 4 is 13.1 Å². The molecule has 0 N–H and O–H groups in total. The average molecular weight is 228 g/mol. The molecule has 1 rings (SSSR count). The van der Waals surface area contributed by atoms with Crippen LogP contribution in [0.1, 0.15) is 12.5 Å². The molecule has 0 amide bonds. The minimum atomic E-state index is -3.58. The van der Waals surface area contributed by atoms with Gasteiger partial charge in [0.15, 0.2) is 0 Å². The second-order valence-electron chi connectivity index (χ2n) is 2.96. The summed E-state index contributed by atoms with van der Waals surface area (Å²) in [6.45, 7) is 1.29. The Labute approximate surface area is 88.7 Å². The van der Waals surface area contributed by atoms with Gasteiger partial charge in [-0.05, 0) is 5.56 Å². The maximum atomic E-state index is 11.7. The molecular formula is C10H13O4P. The van der Waals surface area contributed by atoms with Gasteiger partial charge in [0, 0.05) is 14.0 Å². The molecule has 15 heavy (non-hydrogen) atoms. The van der Waals surface area contributed by atoms with Crippen LogP contribution in [0, 0.1) is 0 Å². The number of rotatable bonds is 5. The van der Waals surface area contributed by atoms with Crippen molar-refractivity contribution in [1.29, 1.82) is 0 Å². The van der Waals surface area contributed by atoms with Crippen molar-refractivity contribution in [2.24, 2.45) is 0 Å². The first-order chi connectivity index (χ1) is 7.08. The Bertz CT molecular complexity index is 374. The molecule has 0 radical (unpaired) electrons. The quantitative estimate of drug-likeness (QED) is 0.727. The summed E-state index contributed by atoms with van der Waals surface area (Å²) in [6, 6.07) is 9.18. The molecule has 0 bridgehead atoms. The largest absolute Gasteiger partial charge is 0.396 e. The Morgan fingerprint density at radius 1 is 1.33 bits per heavy atom. The van der Waals surface area contributed by atoms with Gasteiger partial charge in [-0.2, -0.15) is 0 Å². The van der Waals surface area contributed by atoms with Gasteiger partial charge in [-0.3, -0.25) is 13.9 Å². The van der Waals surface area contributed by atoms with Crippen LogP contribution in [0.2, 0.25) is 0 Å². The zero-order valence-corrected chi connectivity index (χ0v) is 9.57. The summed E-state index contributed by atoms with van der Waals surface area (Å²) in [5.74, 6) is 0. The average Bonchev–Trinajstić information content (AvgIpc) is 2.27. The van der Waals surface area contributed by atoms with E-state index >= 15 is 0 Å². The summed E-state index contributed by atoms with van der Waals surface area (Å²) >= 11 is 0. The fourth-order valence-electron chi connectivity index (χ4n) is 1.01. The van der Waals surface area contributed by atoms with E-state index in [0.717, 1.165) is 5.56 Å². The van der Waals surface area contributed by atoms with Gasteiger partial charge in [-0.15, -0.1) is 0 Å². The van der Waals surface area contributed by atoms with Crippen molar-refractivity contribution in [2.45, 2.75) is 13.5 Å². The van der Waals surface area contributed by atoms with E-state index in [0.29, 0.717) is 0 Å². The molecule has 0 heterocycles. The van der Waals surface area contributed by atoms with Gasteiger partial charge < -0.3 is 4.52 Å². The number of carbonyl (C=O) groups excluding carboxylic acids is 1. The fraction of sp³-hybridized carbons (Fsp3) is 0.300. The summed E-state index contributed by atoms with van der Waals surface area (Å²) < 4.78 is 21.3. The molecule has 0 fully saturated rings. The van der Waals surface area contributed by atoms with Crippen LogP contribution in [0.5, 0.6) is 0 Å². The van der Waals surface area contributed by atoms with E-state index in [2.05, 4.69) is 4.52 Å². The van der Waals surface area contributed by atoms with Gasteiger partial charge in [-0.1, -0.05) is 30.3 Å². The SMILES string of the molecule is COP(=O)(OCc1ccccc1)C(C)=O. The molecule has 0 aliphatic heterocycles. The number of benzene rings is 1. The van der Waals surface area contributed by atoms with Crippen LogP contribution in [0.3, 0.4) is 0 Å². The first kappa shape index (κ1) is 12.1. The predicted octanol–water partition coefficient (Wildman–Crippen LogP) is 2.59. The molecule has 1 aromatic rings. The van der Waals surface area contributed by atoms with Crippen LogP contribution < -0.4 is 0 Å². The Kier molecular flexibility index (Phi) is 4.21. The number of hydrogen-bond donors (Lipinski definition) is 0. The van der Waals surface area contributed by atoms with E-state index in [1.165, 1.54) is 14.0 Å². The molecule has 82 valence electrons. The predicted molar refractivity (Wildman–Crippen MR) is 56.5 cm³/mol. The van der Waals surface area contributed by atoms with Crippen LogP contribution in [0.4, 0.5) is 0 Å². The zero-order chi connectivity index (χ0) is 11.3. The second-order valence-corrected chi connectivity index (χ2v) is 5.21. The lowest BCUT2D eigenvalue weighted by Crippen LogP contribution is -2.01. The monoisotopic (exact) mass is 228 g/mol. The normalized spacial score (nSPS) is 14.5. The van der Waals surface area contributed by atoms with E-state index in [4.69, 9.17) is 4.52 Å². The van der Waals surface area contributed by atoms with Crippen LogP contribution in [-0.4, -0.2) is 12.6 Å². The van der Waals surface area contributed by atoms with Crippen LogP contribution in [0.25, 0.3) is 0 Å². The van der Waals surface area contributed by atoms with Crippen LogP contribution in [-0.2, 0) is 25.0 Å². The van der Waals surface area contributed by atoms with Crippen molar-refractivity contribution in [2.75, 3.05) is 7.11 Å². The van der Waals surface area contributed by atoms with Gasteiger partial charge in [0.1, 0.15) is 0 Å². The summed E-state index contributed by atoms with van der Waals surface area (Å²) in [7, 11) is -2.37. The summed E-state index contributed by atoms with van der Waals surface area (Å²) in [5, 5.41) is 0. The summed E-state index contributed by atoms with van der Waals surface area (Å²) in [6.07, 6.45) is 0. The second kappa shape index (κ2) is 5.21. The Balaban J connectivity index is 2.64. The number of carbonyl (C=O) groups is 1. The first-order valence-corrected chi connectivity index (χ1v) is 5.98. The highest BCUT2D eigenvalue weighted by Gasteiger charge is 2.29. The third-order valence-electron chi connectivity index (χ3n) is 1.87. The molecule has 0 aliphatic rings. The van der Waals surface area contributed by atoms with E-state index < -0.39 is 13.1 Å². The van der Waals surface area contributed by atoms with Crippen molar-refractivity contribution in [1.82, 2.24) is 0 Å².